The molecule has 0 aromatic heterocycles. The smallest absolute Gasteiger partial charge is 0.248 e. The number of benzene rings is 1. The lowest BCUT2D eigenvalue weighted by atomic mass is 10.0. The van der Waals surface area contributed by atoms with Gasteiger partial charge in [0.25, 0.3) is 0 Å². The van der Waals surface area contributed by atoms with Gasteiger partial charge in [-0.15, -0.1) is 11.8 Å². The Kier molecular flexibility index (Phi) is 4.14. The number of piperazine rings is 1. The van der Waals surface area contributed by atoms with Crippen LogP contribution in [0.3, 0.4) is 0 Å². The van der Waals surface area contributed by atoms with Crippen molar-refractivity contribution < 1.29 is 9.59 Å². The van der Waals surface area contributed by atoms with Crippen LogP contribution >= 0.6 is 11.8 Å². The third-order valence-corrected chi connectivity index (χ3v) is 3.97. The molecule has 1 fully saturated rings. The molecule has 1 aromatic rings. The maximum absolute atomic E-state index is 12.1. The summed E-state index contributed by atoms with van der Waals surface area (Å²) < 4.78 is 0. The Balaban J connectivity index is 1.88. The first kappa shape index (κ1) is 13.9. The van der Waals surface area contributed by atoms with E-state index in [2.05, 4.69) is 5.32 Å². The Hall–Kier alpha value is -1.49. The van der Waals surface area contributed by atoms with E-state index < -0.39 is 5.54 Å². The molecule has 0 unspecified atom stereocenters. The van der Waals surface area contributed by atoms with Crippen LogP contribution in [0.25, 0.3) is 0 Å². The SMILES string of the molecule is CC1(C)NC(=O)CN(CCSc2ccccc2)C1=O. The van der Waals surface area contributed by atoms with Crippen LogP contribution in [-0.4, -0.2) is 41.1 Å². The van der Waals surface area contributed by atoms with Gasteiger partial charge in [0, 0.05) is 17.2 Å². The zero-order valence-electron chi connectivity index (χ0n) is 11.2. The van der Waals surface area contributed by atoms with Gasteiger partial charge in [-0.25, -0.2) is 0 Å². The number of nitrogens with zero attached hydrogens (tertiary/aromatic N) is 1. The number of hydrogen-bond acceptors (Lipinski definition) is 3. The molecular weight excluding hydrogens is 260 g/mol. The molecule has 1 N–H and O–H groups in total. The Morgan fingerprint density at radius 1 is 1.26 bits per heavy atom. The summed E-state index contributed by atoms with van der Waals surface area (Å²) in [6.45, 7) is 4.24. The molecule has 0 saturated carbocycles. The van der Waals surface area contributed by atoms with Gasteiger partial charge in [-0.05, 0) is 26.0 Å². The third kappa shape index (κ3) is 3.50. The predicted molar refractivity (Wildman–Crippen MR) is 76.0 cm³/mol. The molecule has 0 radical (unpaired) electrons. The third-order valence-electron chi connectivity index (χ3n) is 2.98. The van der Waals surface area contributed by atoms with Gasteiger partial charge in [0.15, 0.2) is 0 Å². The van der Waals surface area contributed by atoms with Crippen LogP contribution < -0.4 is 5.32 Å². The fraction of sp³-hybridized carbons (Fsp3) is 0.429. The van der Waals surface area contributed by atoms with Gasteiger partial charge in [0.05, 0.1) is 6.54 Å². The fourth-order valence-electron chi connectivity index (χ4n) is 2.05. The monoisotopic (exact) mass is 278 g/mol. The minimum atomic E-state index is -0.785. The van der Waals surface area contributed by atoms with Gasteiger partial charge >= 0.3 is 0 Å². The summed E-state index contributed by atoms with van der Waals surface area (Å²) in [6, 6.07) is 10.0. The van der Waals surface area contributed by atoms with E-state index in [1.807, 2.05) is 30.3 Å². The van der Waals surface area contributed by atoms with Crippen molar-refractivity contribution in [1.29, 1.82) is 0 Å². The topological polar surface area (TPSA) is 49.4 Å². The van der Waals surface area contributed by atoms with Crippen molar-refractivity contribution in [3.8, 4) is 0 Å². The van der Waals surface area contributed by atoms with E-state index in [9.17, 15) is 9.59 Å². The lowest BCUT2D eigenvalue weighted by Gasteiger charge is -2.37. The number of carbonyl (C=O) groups excluding carboxylic acids is 2. The molecule has 1 aliphatic heterocycles. The second-order valence-corrected chi connectivity index (χ2v) is 6.23. The lowest BCUT2D eigenvalue weighted by Crippen LogP contribution is -2.64. The molecule has 2 rings (SSSR count). The quantitative estimate of drug-likeness (QED) is 0.850. The minimum Gasteiger partial charge on any atom is -0.341 e. The average Bonchev–Trinajstić information content (AvgIpc) is 2.36. The second-order valence-electron chi connectivity index (χ2n) is 5.06. The number of thioether (sulfide) groups is 1. The molecule has 1 aliphatic rings. The molecule has 0 bridgehead atoms. The van der Waals surface area contributed by atoms with Crippen molar-refractivity contribution in [3.63, 3.8) is 0 Å². The van der Waals surface area contributed by atoms with E-state index in [0.717, 1.165) is 5.75 Å². The number of hydrogen-bond donors (Lipinski definition) is 1. The maximum Gasteiger partial charge on any atom is 0.248 e. The standard InChI is InChI=1S/C14H18N2O2S/c1-14(2)13(18)16(10-12(17)15-14)8-9-19-11-6-4-3-5-7-11/h3-7H,8-10H2,1-2H3,(H,15,17). The molecule has 2 amide bonds. The first-order chi connectivity index (χ1) is 8.99. The number of carbonyl (C=O) groups is 2. The van der Waals surface area contributed by atoms with E-state index in [-0.39, 0.29) is 18.4 Å². The second kappa shape index (κ2) is 5.65. The van der Waals surface area contributed by atoms with Crippen LogP contribution in [0.2, 0.25) is 0 Å². The van der Waals surface area contributed by atoms with Crippen LogP contribution in [0.4, 0.5) is 0 Å². The molecule has 0 atom stereocenters. The van der Waals surface area contributed by atoms with Crippen molar-refractivity contribution >= 4 is 23.6 Å². The van der Waals surface area contributed by atoms with E-state index in [0.29, 0.717) is 6.54 Å². The van der Waals surface area contributed by atoms with Gasteiger partial charge in [-0.3, -0.25) is 9.59 Å². The Bertz CT molecular complexity index is 474. The highest BCUT2D eigenvalue weighted by atomic mass is 32.2. The van der Waals surface area contributed by atoms with Crippen molar-refractivity contribution in [3.05, 3.63) is 30.3 Å². The first-order valence-corrected chi connectivity index (χ1v) is 7.26. The summed E-state index contributed by atoms with van der Waals surface area (Å²) in [6.07, 6.45) is 0. The van der Waals surface area contributed by atoms with Crippen LogP contribution in [0.15, 0.2) is 35.2 Å². The zero-order valence-corrected chi connectivity index (χ0v) is 12.0. The highest BCUT2D eigenvalue weighted by Crippen LogP contribution is 2.18. The van der Waals surface area contributed by atoms with Gasteiger partial charge in [-0.1, -0.05) is 18.2 Å². The van der Waals surface area contributed by atoms with Crippen LogP contribution in [-0.2, 0) is 9.59 Å². The highest BCUT2D eigenvalue weighted by molar-refractivity contribution is 7.99. The first-order valence-electron chi connectivity index (χ1n) is 6.27. The molecule has 1 aromatic carbocycles. The van der Waals surface area contributed by atoms with Crippen molar-refractivity contribution in [1.82, 2.24) is 10.2 Å². The van der Waals surface area contributed by atoms with E-state index >= 15 is 0 Å². The summed E-state index contributed by atoms with van der Waals surface area (Å²) in [5.74, 6) is 0.689. The van der Waals surface area contributed by atoms with Gasteiger partial charge < -0.3 is 10.2 Å². The molecule has 19 heavy (non-hydrogen) atoms. The molecule has 4 nitrogen and oxygen atoms in total. The number of nitrogens with one attached hydrogen (secondary N) is 1. The van der Waals surface area contributed by atoms with Gasteiger partial charge in [-0.2, -0.15) is 0 Å². The summed E-state index contributed by atoms with van der Waals surface area (Å²) in [4.78, 5) is 26.5. The Morgan fingerprint density at radius 3 is 2.63 bits per heavy atom. The van der Waals surface area contributed by atoms with Crippen LogP contribution in [0.5, 0.6) is 0 Å². The van der Waals surface area contributed by atoms with Crippen molar-refractivity contribution in [2.75, 3.05) is 18.8 Å². The predicted octanol–water partition coefficient (Wildman–Crippen LogP) is 1.52. The van der Waals surface area contributed by atoms with Gasteiger partial charge in [0.1, 0.15) is 5.54 Å². The Morgan fingerprint density at radius 2 is 1.95 bits per heavy atom. The molecule has 0 aliphatic carbocycles. The normalized spacial score (nSPS) is 18.3. The fourth-order valence-corrected chi connectivity index (χ4v) is 2.95. The highest BCUT2D eigenvalue weighted by Gasteiger charge is 2.38. The molecule has 5 heteroatoms. The van der Waals surface area contributed by atoms with Crippen molar-refractivity contribution in [2.45, 2.75) is 24.3 Å². The van der Waals surface area contributed by atoms with E-state index in [4.69, 9.17) is 0 Å². The summed E-state index contributed by atoms with van der Waals surface area (Å²) >= 11 is 1.69. The maximum atomic E-state index is 12.1. The summed E-state index contributed by atoms with van der Waals surface area (Å²) in [7, 11) is 0. The molecule has 1 heterocycles. The lowest BCUT2D eigenvalue weighted by molar-refractivity contribution is -0.148. The number of amides is 2. The number of rotatable bonds is 4. The largest absolute Gasteiger partial charge is 0.341 e. The molecule has 0 spiro atoms. The van der Waals surface area contributed by atoms with E-state index in [1.165, 1.54) is 4.90 Å². The van der Waals surface area contributed by atoms with Crippen LogP contribution in [0.1, 0.15) is 13.8 Å². The molecule has 102 valence electrons. The summed E-state index contributed by atoms with van der Waals surface area (Å²) in [5, 5.41) is 2.71. The van der Waals surface area contributed by atoms with E-state index in [1.54, 1.807) is 30.5 Å². The zero-order chi connectivity index (χ0) is 13.9. The summed E-state index contributed by atoms with van der Waals surface area (Å²) in [5.41, 5.74) is -0.785. The Labute approximate surface area is 117 Å². The minimum absolute atomic E-state index is 0.0132. The van der Waals surface area contributed by atoms with Gasteiger partial charge in [0.2, 0.25) is 11.8 Å². The van der Waals surface area contributed by atoms with Crippen molar-refractivity contribution in [2.24, 2.45) is 0 Å². The average molecular weight is 278 g/mol. The van der Waals surface area contributed by atoms with Crippen LogP contribution in [0, 0.1) is 0 Å². The molecule has 1 saturated heterocycles. The molecular formula is C14H18N2O2S.